The van der Waals surface area contributed by atoms with Gasteiger partial charge in [0.2, 0.25) is 5.91 Å². The van der Waals surface area contributed by atoms with Crippen molar-refractivity contribution in [2.75, 3.05) is 5.73 Å². The molecule has 0 fully saturated rings. The Kier molecular flexibility index (Phi) is 4.56. The number of nitrogen functional groups attached to an aromatic ring is 1. The number of carbonyl (C=O) groups is 2. The van der Waals surface area contributed by atoms with E-state index in [1.807, 2.05) is 0 Å². The fourth-order valence-corrected chi connectivity index (χ4v) is 1.83. The fourth-order valence-electron chi connectivity index (χ4n) is 1.83. The van der Waals surface area contributed by atoms with Crippen LogP contribution in [0.2, 0.25) is 0 Å². The van der Waals surface area contributed by atoms with Gasteiger partial charge in [-0.05, 0) is 35.4 Å². The van der Waals surface area contributed by atoms with Gasteiger partial charge in [0.15, 0.2) is 0 Å². The van der Waals surface area contributed by atoms with Gasteiger partial charge in [-0.1, -0.05) is 24.3 Å². The predicted octanol–water partition coefficient (Wildman–Crippen LogP) is 1.65. The maximum absolute atomic E-state index is 11.7. The number of primary amides is 1. The fraction of sp³-hybridized carbons (Fsp3) is 0.125. The van der Waals surface area contributed by atoms with Crippen LogP contribution >= 0.6 is 0 Å². The molecule has 5 nitrogen and oxygen atoms in total. The maximum atomic E-state index is 11.7. The third kappa shape index (κ3) is 4.35. The van der Waals surface area contributed by atoms with Crippen LogP contribution < -0.4 is 11.5 Å². The highest BCUT2D eigenvalue weighted by Crippen LogP contribution is 2.09. The van der Waals surface area contributed by atoms with Crippen LogP contribution in [0, 0.1) is 0 Å². The smallest absolute Gasteiger partial charge is 0.310 e. The van der Waals surface area contributed by atoms with Gasteiger partial charge < -0.3 is 16.2 Å². The number of hydrogen-bond donors (Lipinski definition) is 2. The second-order valence-corrected chi connectivity index (χ2v) is 4.64. The van der Waals surface area contributed by atoms with Crippen molar-refractivity contribution in [1.82, 2.24) is 0 Å². The van der Waals surface area contributed by atoms with Gasteiger partial charge in [0.1, 0.15) is 6.61 Å². The molecule has 0 spiro atoms. The number of benzene rings is 2. The predicted molar refractivity (Wildman–Crippen MR) is 79.3 cm³/mol. The first-order valence-corrected chi connectivity index (χ1v) is 6.43. The molecule has 0 radical (unpaired) electrons. The minimum Gasteiger partial charge on any atom is -0.461 e. The van der Waals surface area contributed by atoms with Crippen LogP contribution in [-0.2, 0) is 22.6 Å². The lowest BCUT2D eigenvalue weighted by Crippen LogP contribution is -2.12. The number of nitrogens with two attached hydrogens (primary N) is 2. The summed E-state index contributed by atoms with van der Waals surface area (Å²) in [5, 5.41) is 0. The lowest BCUT2D eigenvalue weighted by molar-refractivity contribution is -0.144. The quantitative estimate of drug-likeness (QED) is 0.644. The Hall–Kier alpha value is -2.82. The first kappa shape index (κ1) is 14.6. The number of rotatable bonds is 5. The topological polar surface area (TPSA) is 95.4 Å². The Balaban J connectivity index is 1.90. The molecular weight excluding hydrogens is 268 g/mol. The second kappa shape index (κ2) is 6.56. The number of ether oxygens (including phenoxy) is 1. The van der Waals surface area contributed by atoms with Crippen molar-refractivity contribution in [3.63, 3.8) is 0 Å². The molecule has 0 bridgehead atoms. The van der Waals surface area contributed by atoms with Crippen LogP contribution in [0.1, 0.15) is 21.5 Å². The average Bonchev–Trinajstić information content (AvgIpc) is 2.48. The van der Waals surface area contributed by atoms with E-state index in [2.05, 4.69) is 0 Å². The van der Waals surface area contributed by atoms with Crippen molar-refractivity contribution < 1.29 is 14.3 Å². The summed E-state index contributed by atoms with van der Waals surface area (Å²) in [5.74, 6) is -0.852. The van der Waals surface area contributed by atoms with Crippen molar-refractivity contribution in [1.29, 1.82) is 0 Å². The van der Waals surface area contributed by atoms with Crippen molar-refractivity contribution >= 4 is 17.6 Å². The zero-order valence-corrected chi connectivity index (χ0v) is 11.4. The first-order valence-electron chi connectivity index (χ1n) is 6.43. The van der Waals surface area contributed by atoms with Gasteiger partial charge in [-0.25, -0.2) is 0 Å². The average molecular weight is 284 g/mol. The van der Waals surface area contributed by atoms with E-state index < -0.39 is 5.91 Å². The van der Waals surface area contributed by atoms with E-state index in [0.717, 1.165) is 11.1 Å². The molecule has 0 saturated carbocycles. The van der Waals surface area contributed by atoms with Crippen molar-refractivity contribution in [2.45, 2.75) is 13.0 Å². The highest BCUT2D eigenvalue weighted by atomic mass is 16.5. The molecule has 2 rings (SSSR count). The molecular formula is C16H16N2O3. The van der Waals surface area contributed by atoms with E-state index in [1.54, 1.807) is 48.5 Å². The minimum absolute atomic E-state index is 0.106. The molecule has 0 aliphatic rings. The summed E-state index contributed by atoms with van der Waals surface area (Å²) in [5.41, 5.74) is 13.4. The van der Waals surface area contributed by atoms with Gasteiger partial charge in [0.05, 0.1) is 6.42 Å². The molecule has 0 unspecified atom stereocenters. The molecule has 108 valence electrons. The first-order chi connectivity index (χ1) is 10.0. The molecule has 0 aliphatic carbocycles. The number of hydrogen-bond acceptors (Lipinski definition) is 4. The third-order valence-electron chi connectivity index (χ3n) is 2.94. The van der Waals surface area contributed by atoms with E-state index in [-0.39, 0.29) is 19.0 Å². The number of amides is 1. The van der Waals surface area contributed by atoms with Gasteiger partial charge in [-0.15, -0.1) is 0 Å². The molecule has 4 N–H and O–H groups in total. The highest BCUT2D eigenvalue weighted by molar-refractivity contribution is 5.92. The summed E-state index contributed by atoms with van der Waals surface area (Å²) in [7, 11) is 0. The van der Waals surface area contributed by atoms with Crippen LogP contribution in [-0.4, -0.2) is 11.9 Å². The monoisotopic (exact) mass is 284 g/mol. The Labute approximate surface area is 122 Å². The number of esters is 1. The molecule has 2 aromatic rings. The molecule has 0 saturated heterocycles. The van der Waals surface area contributed by atoms with Crippen molar-refractivity contribution in [3.8, 4) is 0 Å². The molecule has 0 aliphatic heterocycles. The van der Waals surface area contributed by atoms with Gasteiger partial charge in [0.25, 0.3) is 0 Å². The maximum Gasteiger partial charge on any atom is 0.310 e. The zero-order chi connectivity index (χ0) is 15.2. The SMILES string of the molecule is NC(=O)c1cccc(COC(=O)Cc2ccc(N)cc2)c1. The lowest BCUT2D eigenvalue weighted by Gasteiger charge is -2.06. The summed E-state index contributed by atoms with van der Waals surface area (Å²) in [6.07, 6.45) is 0.176. The summed E-state index contributed by atoms with van der Waals surface area (Å²) >= 11 is 0. The standard InChI is InChI=1S/C16H16N2O3/c17-14-6-4-11(5-7-14)9-15(19)21-10-12-2-1-3-13(8-12)16(18)20/h1-8H,9-10,17H2,(H2,18,20). The Morgan fingerprint density at radius 3 is 2.38 bits per heavy atom. The van der Waals surface area contributed by atoms with Crippen LogP contribution in [0.3, 0.4) is 0 Å². The number of anilines is 1. The largest absolute Gasteiger partial charge is 0.461 e. The molecule has 0 aromatic heterocycles. The molecule has 0 atom stereocenters. The molecule has 21 heavy (non-hydrogen) atoms. The Morgan fingerprint density at radius 2 is 1.71 bits per heavy atom. The summed E-state index contributed by atoms with van der Waals surface area (Å²) < 4.78 is 5.17. The molecule has 2 aromatic carbocycles. The van der Waals surface area contributed by atoms with E-state index in [4.69, 9.17) is 16.2 Å². The van der Waals surface area contributed by atoms with Gasteiger partial charge in [-0.2, -0.15) is 0 Å². The molecule has 5 heteroatoms. The van der Waals surface area contributed by atoms with Crippen molar-refractivity contribution in [3.05, 3.63) is 65.2 Å². The van der Waals surface area contributed by atoms with Crippen LogP contribution in [0.5, 0.6) is 0 Å². The third-order valence-corrected chi connectivity index (χ3v) is 2.94. The van der Waals surface area contributed by atoms with Crippen LogP contribution in [0.4, 0.5) is 5.69 Å². The van der Waals surface area contributed by atoms with Crippen LogP contribution in [0.15, 0.2) is 48.5 Å². The Bertz CT molecular complexity index is 651. The van der Waals surface area contributed by atoms with E-state index in [9.17, 15) is 9.59 Å². The van der Waals surface area contributed by atoms with Gasteiger partial charge >= 0.3 is 5.97 Å². The van der Waals surface area contributed by atoms with E-state index in [1.165, 1.54) is 0 Å². The molecule has 0 heterocycles. The summed E-state index contributed by atoms with van der Waals surface area (Å²) in [4.78, 5) is 22.8. The Morgan fingerprint density at radius 1 is 1.00 bits per heavy atom. The second-order valence-electron chi connectivity index (χ2n) is 4.64. The van der Waals surface area contributed by atoms with Crippen molar-refractivity contribution in [2.24, 2.45) is 5.73 Å². The lowest BCUT2D eigenvalue weighted by atomic mass is 10.1. The minimum atomic E-state index is -0.509. The number of carbonyl (C=O) groups excluding carboxylic acids is 2. The summed E-state index contributed by atoms with van der Waals surface area (Å²) in [6.45, 7) is 0.106. The summed E-state index contributed by atoms with van der Waals surface area (Å²) in [6, 6.07) is 13.7. The normalized spacial score (nSPS) is 10.1. The molecule has 1 amide bonds. The highest BCUT2D eigenvalue weighted by Gasteiger charge is 2.06. The van der Waals surface area contributed by atoms with Gasteiger partial charge in [-0.3, -0.25) is 9.59 Å². The van der Waals surface area contributed by atoms with Crippen LogP contribution in [0.25, 0.3) is 0 Å². The van der Waals surface area contributed by atoms with E-state index in [0.29, 0.717) is 11.3 Å². The van der Waals surface area contributed by atoms with Gasteiger partial charge in [0, 0.05) is 11.3 Å². The van der Waals surface area contributed by atoms with E-state index >= 15 is 0 Å². The zero-order valence-electron chi connectivity index (χ0n) is 11.4.